The van der Waals surface area contributed by atoms with Gasteiger partial charge >= 0.3 is 0 Å². The van der Waals surface area contributed by atoms with Crippen LogP contribution in [0.2, 0.25) is 0 Å². The van der Waals surface area contributed by atoms with E-state index in [1.165, 1.54) is 50.7 Å². The number of hydrogen-bond acceptors (Lipinski definition) is 0. The first-order valence-corrected chi connectivity index (χ1v) is 7.07. The first-order valence-electron chi connectivity index (χ1n) is 7.07. The molecule has 2 aliphatic carbocycles. The minimum absolute atomic E-state index is 0.461. The lowest BCUT2D eigenvalue weighted by atomic mass is 9.47. The first-order chi connectivity index (χ1) is 8.62. The smallest absolute Gasteiger partial charge is 0.159 e. The van der Waals surface area contributed by atoms with Crippen LogP contribution in [0.25, 0.3) is 0 Å². The Morgan fingerprint density at radius 3 is 2.44 bits per heavy atom. The van der Waals surface area contributed by atoms with E-state index in [0.29, 0.717) is 11.3 Å². The van der Waals surface area contributed by atoms with E-state index in [1.807, 2.05) is 0 Å². The van der Waals surface area contributed by atoms with Crippen molar-refractivity contribution in [1.82, 2.24) is 0 Å². The minimum atomic E-state index is -0.737. The first kappa shape index (κ1) is 12.1. The Morgan fingerprint density at radius 2 is 1.83 bits per heavy atom. The number of hydrogen-bond donors (Lipinski definition) is 0. The summed E-state index contributed by atoms with van der Waals surface area (Å²) in [5.41, 5.74) is 1.55. The summed E-state index contributed by atoms with van der Waals surface area (Å²) in [6.07, 6.45) is 7.73. The summed E-state index contributed by atoms with van der Waals surface area (Å²) >= 11 is 0. The predicted molar refractivity (Wildman–Crippen MR) is 68.4 cm³/mol. The van der Waals surface area contributed by atoms with Gasteiger partial charge in [0.25, 0.3) is 0 Å². The van der Waals surface area contributed by atoms with Crippen LogP contribution in [0.5, 0.6) is 0 Å². The third-order valence-corrected chi connectivity index (χ3v) is 4.91. The molecule has 0 unspecified atom stereocenters. The Kier molecular flexibility index (Phi) is 2.91. The number of halogens is 2. The van der Waals surface area contributed by atoms with Crippen LogP contribution in [-0.2, 0) is 0 Å². The minimum Gasteiger partial charge on any atom is -0.204 e. The molecule has 0 nitrogen and oxygen atoms in total. The van der Waals surface area contributed by atoms with Crippen LogP contribution >= 0.6 is 0 Å². The van der Waals surface area contributed by atoms with Gasteiger partial charge in [-0.25, -0.2) is 8.78 Å². The third kappa shape index (κ3) is 1.96. The molecule has 3 rings (SSSR count). The monoisotopic (exact) mass is 250 g/mol. The second-order valence-corrected chi connectivity index (χ2v) is 6.34. The zero-order chi connectivity index (χ0) is 12.8. The predicted octanol–water partition coefficient (Wildman–Crippen LogP) is 5.04. The van der Waals surface area contributed by atoms with Crippen LogP contribution < -0.4 is 0 Å². The SMILES string of the molecule is CCCC1CC2(C1)CC(c1ccc(F)c(F)c1)C2. The van der Waals surface area contributed by atoms with E-state index >= 15 is 0 Å². The van der Waals surface area contributed by atoms with Crippen molar-refractivity contribution in [3.8, 4) is 0 Å². The lowest BCUT2D eigenvalue weighted by Gasteiger charge is -2.58. The van der Waals surface area contributed by atoms with Crippen molar-refractivity contribution in [3.05, 3.63) is 35.4 Å². The summed E-state index contributed by atoms with van der Waals surface area (Å²) in [5.74, 6) is -0.0473. The Hall–Kier alpha value is -0.920. The molecule has 2 fully saturated rings. The van der Waals surface area contributed by atoms with Gasteiger partial charge in [-0.2, -0.15) is 0 Å². The molecule has 18 heavy (non-hydrogen) atoms. The fraction of sp³-hybridized carbons (Fsp3) is 0.625. The van der Waals surface area contributed by atoms with Gasteiger partial charge in [0.1, 0.15) is 0 Å². The second kappa shape index (κ2) is 4.32. The van der Waals surface area contributed by atoms with E-state index in [4.69, 9.17) is 0 Å². The zero-order valence-corrected chi connectivity index (χ0v) is 10.9. The van der Waals surface area contributed by atoms with E-state index in [1.54, 1.807) is 6.07 Å². The highest BCUT2D eigenvalue weighted by atomic mass is 19.2. The van der Waals surface area contributed by atoms with Crippen LogP contribution in [0.3, 0.4) is 0 Å². The summed E-state index contributed by atoms with van der Waals surface area (Å²) in [4.78, 5) is 0. The van der Waals surface area contributed by atoms with Crippen LogP contribution in [0.4, 0.5) is 8.78 Å². The van der Waals surface area contributed by atoms with E-state index in [-0.39, 0.29) is 0 Å². The molecule has 0 heterocycles. The molecule has 2 heteroatoms. The molecule has 1 spiro atoms. The third-order valence-electron chi connectivity index (χ3n) is 4.91. The summed E-state index contributed by atoms with van der Waals surface area (Å²) in [6.45, 7) is 2.25. The van der Waals surface area contributed by atoms with Gasteiger partial charge in [-0.15, -0.1) is 0 Å². The highest BCUT2D eigenvalue weighted by molar-refractivity contribution is 5.26. The molecular formula is C16H20F2. The van der Waals surface area contributed by atoms with Crippen molar-refractivity contribution in [3.63, 3.8) is 0 Å². The largest absolute Gasteiger partial charge is 0.204 e. The molecule has 0 amide bonds. The molecule has 0 saturated heterocycles. The summed E-state index contributed by atoms with van der Waals surface area (Å²) < 4.78 is 26.1. The van der Waals surface area contributed by atoms with E-state index < -0.39 is 11.6 Å². The summed E-state index contributed by atoms with van der Waals surface area (Å²) in [6, 6.07) is 4.39. The Morgan fingerprint density at radius 1 is 1.11 bits per heavy atom. The van der Waals surface area contributed by atoms with Crippen molar-refractivity contribution in [2.24, 2.45) is 11.3 Å². The van der Waals surface area contributed by atoms with Crippen LogP contribution in [-0.4, -0.2) is 0 Å². The summed E-state index contributed by atoms with van der Waals surface area (Å²) in [7, 11) is 0. The molecule has 0 bridgehead atoms. The second-order valence-electron chi connectivity index (χ2n) is 6.34. The fourth-order valence-electron chi connectivity index (χ4n) is 4.10. The topological polar surface area (TPSA) is 0 Å². The molecule has 98 valence electrons. The van der Waals surface area contributed by atoms with Crippen molar-refractivity contribution in [2.75, 3.05) is 0 Å². The average Bonchev–Trinajstić information content (AvgIpc) is 2.24. The zero-order valence-electron chi connectivity index (χ0n) is 10.9. The highest BCUT2D eigenvalue weighted by Crippen LogP contribution is 2.64. The summed E-state index contributed by atoms with van der Waals surface area (Å²) in [5, 5.41) is 0. The standard InChI is InChI=1S/C16H20F2/c1-2-3-11-7-16(8-11)9-13(10-16)12-4-5-14(17)15(18)6-12/h4-6,11,13H,2-3,7-10H2,1H3. The van der Waals surface area contributed by atoms with Gasteiger partial charge in [-0.3, -0.25) is 0 Å². The van der Waals surface area contributed by atoms with Gasteiger partial charge in [0.15, 0.2) is 11.6 Å². The molecule has 0 aliphatic heterocycles. The quantitative estimate of drug-likeness (QED) is 0.705. The van der Waals surface area contributed by atoms with Gasteiger partial charge in [0.2, 0.25) is 0 Å². The maximum atomic E-state index is 13.2. The maximum Gasteiger partial charge on any atom is 0.159 e. The lowest BCUT2D eigenvalue weighted by Crippen LogP contribution is -2.46. The van der Waals surface area contributed by atoms with E-state index in [0.717, 1.165) is 11.5 Å². The normalized spacial score (nSPS) is 34.2. The number of benzene rings is 1. The molecule has 2 saturated carbocycles. The molecule has 0 aromatic heterocycles. The molecule has 0 atom stereocenters. The van der Waals surface area contributed by atoms with Crippen molar-refractivity contribution >= 4 is 0 Å². The highest BCUT2D eigenvalue weighted by Gasteiger charge is 2.52. The molecule has 0 radical (unpaired) electrons. The maximum absolute atomic E-state index is 13.2. The Bertz CT molecular complexity index is 438. The van der Waals surface area contributed by atoms with Crippen molar-refractivity contribution in [2.45, 2.75) is 51.4 Å². The fourth-order valence-corrected chi connectivity index (χ4v) is 4.10. The van der Waals surface area contributed by atoms with Gasteiger partial charge in [-0.1, -0.05) is 25.8 Å². The molecule has 2 aliphatic rings. The van der Waals surface area contributed by atoms with Crippen LogP contribution in [0.1, 0.15) is 56.9 Å². The number of rotatable bonds is 3. The van der Waals surface area contributed by atoms with Crippen LogP contribution in [0, 0.1) is 23.0 Å². The Balaban J connectivity index is 1.58. The molecule has 0 N–H and O–H groups in total. The van der Waals surface area contributed by atoms with Crippen molar-refractivity contribution in [1.29, 1.82) is 0 Å². The van der Waals surface area contributed by atoms with Crippen molar-refractivity contribution < 1.29 is 8.78 Å². The molecule has 1 aromatic rings. The van der Waals surface area contributed by atoms with Gasteiger partial charge in [-0.05, 0) is 60.6 Å². The van der Waals surface area contributed by atoms with Gasteiger partial charge in [0.05, 0.1) is 0 Å². The van der Waals surface area contributed by atoms with E-state index in [2.05, 4.69) is 6.92 Å². The van der Waals surface area contributed by atoms with Gasteiger partial charge < -0.3 is 0 Å². The van der Waals surface area contributed by atoms with E-state index in [9.17, 15) is 8.78 Å². The lowest BCUT2D eigenvalue weighted by molar-refractivity contribution is -0.0447. The average molecular weight is 250 g/mol. The Labute approximate surface area is 107 Å². The van der Waals surface area contributed by atoms with Gasteiger partial charge in [0, 0.05) is 0 Å². The van der Waals surface area contributed by atoms with Crippen LogP contribution in [0.15, 0.2) is 18.2 Å². The molecule has 1 aromatic carbocycles. The molecular weight excluding hydrogens is 230 g/mol.